The number of fused-ring (bicyclic) bond motifs is 1. The fourth-order valence-electron chi connectivity index (χ4n) is 4.06. The van der Waals surface area contributed by atoms with Crippen LogP contribution in [0, 0.1) is 6.92 Å². The van der Waals surface area contributed by atoms with Crippen LogP contribution in [-0.2, 0) is 7.05 Å². The van der Waals surface area contributed by atoms with Crippen molar-refractivity contribution in [2.75, 3.05) is 5.32 Å². The molecule has 3 aromatic rings. The maximum atomic E-state index is 13.1. The molecule has 1 amide bonds. The lowest BCUT2D eigenvalue weighted by Gasteiger charge is -2.27. The SMILES string of the molecule is Cc1ccn(C2CCC(O)CC2)c(=O)c1C(=O)Nc1cccc2cnn(C)c12. The van der Waals surface area contributed by atoms with Crippen molar-refractivity contribution in [2.24, 2.45) is 7.05 Å². The smallest absolute Gasteiger partial charge is 0.263 e. The van der Waals surface area contributed by atoms with E-state index < -0.39 is 5.91 Å². The Morgan fingerprint density at radius 3 is 2.71 bits per heavy atom. The number of amides is 1. The highest BCUT2D eigenvalue weighted by Crippen LogP contribution is 2.28. The second kappa shape index (κ2) is 7.24. The first-order valence-corrected chi connectivity index (χ1v) is 9.57. The number of benzene rings is 1. The quantitative estimate of drug-likeness (QED) is 0.731. The van der Waals surface area contributed by atoms with Crippen molar-refractivity contribution in [3.05, 3.63) is 58.1 Å². The molecule has 0 saturated heterocycles. The van der Waals surface area contributed by atoms with Crippen LogP contribution in [0.2, 0.25) is 0 Å². The number of rotatable bonds is 3. The standard InChI is InChI=1S/C21H24N4O3/c1-13-10-11-25(15-6-8-16(26)9-7-15)21(28)18(13)20(27)23-17-5-3-4-14-12-22-24(2)19(14)17/h3-5,10-12,15-16,26H,6-9H2,1-2H3,(H,23,27). The van der Waals surface area contributed by atoms with Crippen molar-refractivity contribution in [1.82, 2.24) is 14.3 Å². The van der Waals surface area contributed by atoms with Gasteiger partial charge in [-0.2, -0.15) is 5.10 Å². The number of anilines is 1. The monoisotopic (exact) mass is 380 g/mol. The molecule has 7 nitrogen and oxygen atoms in total. The lowest BCUT2D eigenvalue weighted by atomic mass is 9.92. The first kappa shape index (κ1) is 18.4. The molecule has 2 N–H and O–H groups in total. The van der Waals surface area contributed by atoms with Crippen LogP contribution >= 0.6 is 0 Å². The van der Waals surface area contributed by atoms with E-state index in [2.05, 4.69) is 10.4 Å². The predicted molar refractivity (Wildman–Crippen MR) is 108 cm³/mol. The number of para-hydroxylation sites is 1. The Bertz CT molecular complexity index is 1090. The van der Waals surface area contributed by atoms with E-state index in [0.717, 1.165) is 23.7 Å². The van der Waals surface area contributed by atoms with Gasteiger partial charge in [-0.15, -0.1) is 0 Å². The summed E-state index contributed by atoms with van der Waals surface area (Å²) in [4.78, 5) is 26.1. The van der Waals surface area contributed by atoms with Crippen molar-refractivity contribution in [1.29, 1.82) is 0 Å². The van der Waals surface area contributed by atoms with Crippen molar-refractivity contribution in [3.8, 4) is 0 Å². The molecule has 0 radical (unpaired) electrons. The van der Waals surface area contributed by atoms with Crippen LogP contribution in [-0.4, -0.2) is 31.5 Å². The van der Waals surface area contributed by atoms with Gasteiger partial charge >= 0.3 is 0 Å². The fraction of sp³-hybridized carbons (Fsp3) is 0.381. The number of aliphatic hydroxyl groups is 1. The second-order valence-electron chi connectivity index (χ2n) is 7.51. The number of aliphatic hydroxyl groups excluding tert-OH is 1. The van der Waals surface area contributed by atoms with E-state index in [1.807, 2.05) is 25.2 Å². The Kier molecular flexibility index (Phi) is 4.77. The third-order valence-corrected chi connectivity index (χ3v) is 5.62. The van der Waals surface area contributed by atoms with Gasteiger partial charge in [0.25, 0.3) is 11.5 Å². The van der Waals surface area contributed by atoms with Gasteiger partial charge in [0, 0.05) is 24.7 Å². The molecule has 1 fully saturated rings. The van der Waals surface area contributed by atoms with Crippen LogP contribution in [0.1, 0.15) is 47.6 Å². The molecule has 28 heavy (non-hydrogen) atoms. The lowest BCUT2D eigenvalue weighted by molar-refractivity contribution is 0.101. The summed E-state index contributed by atoms with van der Waals surface area (Å²) in [5.41, 5.74) is 1.96. The third kappa shape index (κ3) is 3.22. The third-order valence-electron chi connectivity index (χ3n) is 5.62. The van der Waals surface area contributed by atoms with Crippen LogP contribution in [0.25, 0.3) is 10.9 Å². The molecule has 4 rings (SSSR count). The predicted octanol–water partition coefficient (Wildman–Crippen LogP) is 2.77. The van der Waals surface area contributed by atoms with E-state index in [1.54, 1.807) is 34.6 Å². The molecule has 1 aliphatic rings. The molecule has 1 aliphatic carbocycles. The molecule has 0 atom stereocenters. The number of hydrogen-bond donors (Lipinski definition) is 2. The fourth-order valence-corrected chi connectivity index (χ4v) is 4.06. The lowest BCUT2D eigenvalue weighted by Crippen LogP contribution is -2.34. The maximum Gasteiger partial charge on any atom is 0.263 e. The maximum absolute atomic E-state index is 13.1. The number of hydrogen-bond acceptors (Lipinski definition) is 4. The molecular weight excluding hydrogens is 356 g/mol. The Morgan fingerprint density at radius 2 is 1.96 bits per heavy atom. The Hall–Kier alpha value is -2.93. The van der Waals surface area contributed by atoms with Gasteiger partial charge in [-0.05, 0) is 50.3 Å². The average molecular weight is 380 g/mol. The Labute approximate surface area is 162 Å². The minimum absolute atomic E-state index is 0.0172. The normalized spacial score (nSPS) is 19.7. The number of carbonyl (C=O) groups is 1. The van der Waals surface area contributed by atoms with Gasteiger partial charge in [-0.1, -0.05) is 12.1 Å². The van der Waals surface area contributed by atoms with E-state index in [4.69, 9.17) is 0 Å². The van der Waals surface area contributed by atoms with Gasteiger partial charge in [0.05, 0.1) is 23.5 Å². The molecule has 2 heterocycles. The number of aromatic nitrogens is 3. The molecule has 2 aromatic heterocycles. The number of nitrogens with zero attached hydrogens (tertiary/aromatic N) is 3. The van der Waals surface area contributed by atoms with E-state index in [0.29, 0.717) is 24.1 Å². The van der Waals surface area contributed by atoms with Gasteiger partial charge in [-0.25, -0.2) is 0 Å². The van der Waals surface area contributed by atoms with Gasteiger partial charge in [0.2, 0.25) is 0 Å². The zero-order chi connectivity index (χ0) is 19.8. The highest BCUT2D eigenvalue weighted by Gasteiger charge is 2.24. The van der Waals surface area contributed by atoms with Crippen LogP contribution in [0.4, 0.5) is 5.69 Å². The summed E-state index contributed by atoms with van der Waals surface area (Å²) in [5, 5.41) is 17.8. The number of aryl methyl sites for hydroxylation is 2. The highest BCUT2D eigenvalue weighted by molar-refractivity contribution is 6.08. The van der Waals surface area contributed by atoms with Gasteiger partial charge in [0.15, 0.2) is 0 Å². The molecule has 0 bridgehead atoms. The summed E-state index contributed by atoms with van der Waals surface area (Å²) >= 11 is 0. The molecule has 1 saturated carbocycles. The zero-order valence-electron chi connectivity index (χ0n) is 16.1. The van der Waals surface area contributed by atoms with Gasteiger partial charge in [0.1, 0.15) is 5.56 Å². The first-order chi connectivity index (χ1) is 13.5. The number of carbonyl (C=O) groups excluding carboxylic acids is 1. The van der Waals surface area contributed by atoms with Crippen LogP contribution in [0.3, 0.4) is 0 Å². The van der Waals surface area contributed by atoms with E-state index in [-0.39, 0.29) is 23.3 Å². The molecule has 1 aromatic carbocycles. The van der Waals surface area contributed by atoms with Gasteiger partial charge < -0.3 is 15.0 Å². The van der Waals surface area contributed by atoms with E-state index in [1.165, 1.54) is 0 Å². The number of nitrogens with one attached hydrogen (secondary N) is 1. The van der Waals surface area contributed by atoms with Gasteiger partial charge in [-0.3, -0.25) is 14.3 Å². The molecule has 0 spiro atoms. The molecule has 0 aliphatic heterocycles. The minimum atomic E-state index is -0.415. The Balaban J connectivity index is 1.68. The first-order valence-electron chi connectivity index (χ1n) is 9.57. The van der Waals surface area contributed by atoms with Crippen LogP contribution in [0.15, 0.2) is 41.5 Å². The van der Waals surface area contributed by atoms with E-state index >= 15 is 0 Å². The molecular formula is C21H24N4O3. The van der Waals surface area contributed by atoms with Crippen molar-refractivity contribution >= 4 is 22.5 Å². The van der Waals surface area contributed by atoms with Crippen molar-refractivity contribution < 1.29 is 9.90 Å². The summed E-state index contributed by atoms with van der Waals surface area (Å²) in [7, 11) is 1.82. The molecule has 7 heteroatoms. The molecule has 0 unspecified atom stereocenters. The topological polar surface area (TPSA) is 89.2 Å². The van der Waals surface area contributed by atoms with Crippen molar-refractivity contribution in [2.45, 2.75) is 44.8 Å². The second-order valence-corrected chi connectivity index (χ2v) is 7.51. The molecule has 146 valence electrons. The van der Waals surface area contributed by atoms with E-state index in [9.17, 15) is 14.7 Å². The number of pyridine rings is 1. The zero-order valence-corrected chi connectivity index (χ0v) is 16.1. The van der Waals surface area contributed by atoms with Crippen LogP contribution in [0.5, 0.6) is 0 Å². The summed E-state index contributed by atoms with van der Waals surface area (Å²) in [5.74, 6) is -0.415. The Morgan fingerprint density at radius 1 is 1.21 bits per heavy atom. The summed E-state index contributed by atoms with van der Waals surface area (Å²) in [6.45, 7) is 1.77. The summed E-state index contributed by atoms with van der Waals surface area (Å²) < 4.78 is 3.35. The average Bonchev–Trinajstić information content (AvgIpc) is 3.05. The van der Waals surface area contributed by atoms with Crippen LogP contribution < -0.4 is 10.9 Å². The van der Waals surface area contributed by atoms with Crippen molar-refractivity contribution in [3.63, 3.8) is 0 Å². The highest BCUT2D eigenvalue weighted by atomic mass is 16.3. The summed E-state index contributed by atoms with van der Waals surface area (Å²) in [6, 6.07) is 7.41. The largest absolute Gasteiger partial charge is 0.393 e. The minimum Gasteiger partial charge on any atom is -0.393 e. The summed E-state index contributed by atoms with van der Waals surface area (Å²) in [6.07, 6.45) is 6.03.